The molecule has 2 aromatic rings. The van der Waals surface area contributed by atoms with Crippen molar-refractivity contribution < 1.29 is 19.1 Å². The van der Waals surface area contributed by atoms with Gasteiger partial charge in [0.2, 0.25) is 11.8 Å². The topological polar surface area (TPSA) is 66.9 Å². The summed E-state index contributed by atoms with van der Waals surface area (Å²) in [6, 6.07) is 14.8. The molecular formula is C24H26N2O4. The average Bonchev–Trinajstić information content (AvgIpc) is 2.97. The molecule has 2 fully saturated rings. The van der Waals surface area contributed by atoms with Gasteiger partial charge in [-0.25, -0.2) is 0 Å². The molecule has 2 aromatic carbocycles. The SMILES string of the molecule is COc1ccc(C2CCCCCN2C(=O)c2ccc(N3C(=O)CCC3=O)cc2)cc1. The number of imide groups is 1. The Labute approximate surface area is 176 Å². The summed E-state index contributed by atoms with van der Waals surface area (Å²) in [6.45, 7) is 0.709. The molecule has 0 N–H and O–H groups in total. The number of nitrogens with zero attached hydrogens (tertiary/aromatic N) is 2. The van der Waals surface area contributed by atoms with Gasteiger partial charge in [0.05, 0.1) is 18.8 Å². The van der Waals surface area contributed by atoms with E-state index in [9.17, 15) is 14.4 Å². The summed E-state index contributed by atoms with van der Waals surface area (Å²) in [5.41, 5.74) is 2.20. The van der Waals surface area contributed by atoms with E-state index in [0.29, 0.717) is 17.8 Å². The standard InChI is InChI=1S/C24H26N2O4/c1-30-20-12-8-17(9-13-20)21-5-3-2-4-16-25(21)24(29)18-6-10-19(11-7-18)26-22(27)14-15-23(26)28/h6-13,21H,2-5,14-16H2,1H3. The van der Waals surface area contributed by atoms with Crippen molar-refractivity contribution >= 4 is 23.4 Å². The van der Waals surface area contributed by atoms with Crippen molar-refractivity contribution in [3.63, 3.8) is 0 Å². The number of amides is 3. The summed E-state index contributed by atoms with van der Waals surface area (Å²) in [4.78, 5) is 40.4. The molecule has 2 aliphatic rings. The molecule has 30 heavy (non-hydrogen) atoms. The van der Waals surface area contributed by atoms with Crippen LogP contribution in [0.3, 0.4) is 0 Å². The molecule has 156 valence electrons. The number of hydrogen-bond donors (Lipinski definition) is 0. The van der Waals surface area contributed by atoms with Crippen LogP contribution in [0.15, 0.2) is 48.5 Å². The lowest BCUT2D eigenvalue weighted by Crippen LogP contribution is -2.35. The van der Waals surface area contributed by atoms with Gasteiger partial charge in [0.15, 0.2) is 0 Å². The summed E-state index contributed by atoms with van der Waals surface area (Å²) in [6.07, 6.45) is 4.58. The van der Waals surface area contributed by atoms with E-state index in [4.69, 9.17) is 4.74 Å². The fourth-order valence-electron chi connectivity index (χ4n) is 4.31. The molecule has 3 amide bonds. The third kappa shape index (κ3) is 3.95. The Morgan fingerprint density at radius 2 is 1.57 bits per heavy atom. The lowest BCUT2D eigenvalue weighted by atomic mass is 10.00. The van der Waals surface area contributed by atoms with Crippen molar-refractivity contribution in [2.75, 3.05) is 18.6 Å². The molecule has 1 unspecified atom stereocenters. The molecule has 0 bridgehead atoms. The normalized spacial score (nSPS) is 19.7. The maximum atomic E-state index is 13.4. The Balaban J connectivity index is 1.57. The number of anilines is 1. The molecule has 1 atom stereocenters. The van der Waals surface area contributed by atoms with Crippen molar-refractivity contribution in [3.05, 3.63) is 59.7 Å². The first-order chi connectivity index (χ1) is 14.6. The summed E-state index contributed by atoms with van der Waals surface area (Å²) in [5.74, 6) is 0.396. The highest BCUT2D eigenvalue weighted by Gasteiger charge is 2.31. The second-order valence-electron chi connectivity index (χ2n) is 7.81. The Morgan fingerprint density at radius 3 is 2.20 bits per heavy atom. The van der Waals surface area contributed by atoms with Crippen LogP contribution in [0.5, 0.6) is 5.75 Å². The molecule has 0 saturated carbocycles. The molecule has 6 heteroatoms. The lowest BCUT2D eigenvalue weighted by Gasteiger charge is -2.31. The van der Waals surface area contributed by atoms with Crippen LogP contribution < -0.4 is 9.64 Å². The Hall–Kier alpha value is -3.15. The predicted octanol–water partition coefficient (Wildman–Crippen LogP) is 4.11. The largest absolute Gasteiger partial charge is 0.497 e. The van der Waals surface area contributed by atoms with Gasteiger partial charge in [0.1, 0.15) is 5.75 Å². The van der Waals surface area contributed by atoms with Crippen molar-refractivity contribution in [3.8, 4) is 5.75 Å². The lowest BCUT2D eigenvalue weighted by molar-refractivity contribution is -0.121. The van der Waals surface area contributed by atoms with E-state index in [2.05, 4.69) is 0 Å². The first-order valence-electron chi connectivity index (χ1n) is 10.5. The minimum Gasteiger partial charge on any atom is -0.497 e. The number of likely N-dealkylation sites (tertiary alicyclic amines) is 1. The van der Waals surface area contributed by atoms with E-state index in [1.807, 2.05) is 29.2 Å². The van der Waals surface area contributed by atoms with Gasteiger partial charge < -0.3 is 9.64 Å². The van der Waals surface area contributed by atoms with Crippen LogP contribution in [0.1, 0.15) is 60.5 Å². The first-order valence-corrected chi connectivity index (χ1v) is 10.5. The molecule has 2 saturated heterocycles. The van der Waals surface area contributed by atoms with Gasteiger partial charge in [-0.15, -0.1) is 0 Å². The van der Waals surface area contributed by atoms with Gasteiger partial charge in [-0.1, -0.05) is 25.0 Å². The monoisotopic (exact) mass is 406 g/mol. The zero-order valence-electron chi connectivity index (χ0n) is 17.2. The Morgan fingerprint density at radius 1 is 0.900 bits per heavy atom. The number of benzene rings is 2. The molecular weight excluding hydrogens is 380 g/mol. The average molecular weight is 406 g/mol. The zero-order chi connectivity index (χ0) is 21.1. The number of rotatable bonds is 4. The predicted molar refractivity (Wildman–Crippen MR) is 113 cm³/mol. The number of ether oxygens (including phenoxy) is 1. The maximum absolute atomic E-state index is 13.4. The van der Waals surface area contributed by atoms with Gasteiger partial charge >= 0.3 is 0 Å². The molecule has 4 rings (SSSR count). The summed E-state index contributed by atoms with van der Waals surface area (Å²) >= 11 is 0. The van der Waals surface area contributed by atoms with Crippen molar-refractivity contribution in [1.82, 2.24) is 4.90 Å². The number of carbonyl (C=O) groups is 3. The number of carbonyl (C=O) groups excluding carboxylic acids is 3. The van der Waals surface area contributed by atoms with Crippen LogP contribution in [0, 0.1) is 0 Å². The number of hydrogen-bond acceptors (Lipinski definition) is 4. The number of methoxy groups -OCH3 is 1. The second-order valence-corrected chi connectivity index (χ2v) is 7.81. The van der Waals surface area contributed by atoms with E-state index < -0.39 is 0 Å². The minimum absolute atomic E-state index is 0.0207. The van der Waals surface area contributed by atoms with E-state index in [-0.39, 0.29) is 36.6 Å². The third-order valence-corrected chi connectivity index (χ3v) is 5.94. The Bertz CT molecular complexity index is 921. The Kier molecular flexibility index (Phi) is 5.84. The van der Waals surface area contributed by atoms with E-state index in [1.165, 1.54) is 4.90 Å². The third-order valence-electron chi connectivity index (χ3n) is 5.94. The summed E-state index contributed by atoms with van der Waals surface area (Å²) in [7, 11) is 1.64. The van der Waals surface area contributed by atoms with Crippen molar-refractivity contribution in [1.29, 1.82) is 0 Å². The molecule has 2 aliphatic heterocycles. The summed E-state index contributed by atoms with van der Waals surface area (Å²) in [5, 5.41) is 0. The van der Waals surface area contributed by atoms with Crippen LogP contribution in [-0.2, 0) is 9.59 Å². The molecule has 0 aromatic heterocycles. The van der Waals surface area contributed by atoms with Crippen LogP contribution >= 0.6 is 0 Å². The van der Waals surface area contributed by atoms with E-state index >= 15 is 0 Å². The minimum atomic E-state index is -0.189. The second kappa shape index (κ2) is 8.69. The van der Waals surface area contributed by atoms with Crippen LogP contribution in [0.25, 0.3) is 0 Å². The fraction of sp³-hybridized carbons (Fsp3) is 0.375. The molecule has 0 spiro atoms. The van der Waals surface area contributed by atoms with Gasteiger partial charge in [0.25, 0.3) is 5.91 Å². The molecule has 0 radical (unpaired) electrons. The quantitative estimate of drug-likeness (QED) is 0.717. The smallest absolute Gasteiger partial charge is 0.254 e. The van der Waals surface area contributed by atoms with Gasteiger partial charge in [-0.05, 0) is 54.8 Å². The fourth-order valence-corrected chi connectivity index (χ4v) is 4.31. The highest BCUT2D eigenvalue weighted by Crippen LogP contribution is 2.33. The highest BCUT2D eigenvalue weighted by atomic mass is 16.5. The zero-order valence-corrected chi connectivity index (χ0v) is 17.2. The van der Waals surface area contributed by atoms with E-state index in [0.717, 1.165) is 37.0 Å². The van der Waals surface area contributed by atoms with Crippen molar-refractivity contribution in [2.45, 2.75) is 44.6 Å². The van der Waals surface area contributed by atoms with Gasteiger partial charge in [-0.3, -0.25) is 19.3 Å². The molecule has 6 nitrogen and oxygen atoms in total. The first kappa shape index (κ1) is 20.1. The van der Waals surface area contributed by atoms with Gasteiger partial charge in [0, 0.05) is 24.9 Å². The molecule has 0 aliphatic carbocycles. The summed E-state index contributed by atoms with van der Waals surface area (Å²) < 4.78 is 5.26. The van der Waals surface area contributed by atoms with Crippen LogP contribution in [0.2, 0.25) is 0 Å². The maximum Gasteiger partial charge on any atom is 0.254 e. The highest BCUT2D eigenvalue weighted by molar-refractivity contribution is 6.19. The molecule has 2 heterocycles. The van der Waals surface area contributed by atoms with E-state index in [1.54, 1.807) is 31.4 Å². The van der Waals surface area contributed by atoms with Gasteiger partial charge in [-0.2, -0.15) is 0 Å². The van der Waals surface area contributed by atoms with Crippen LogP contribution in [0.4, 0.5) is 5.69 Å². The van der Waals surface area contributed by atoms with Crippen LogP contribution in [-0.4, -0.2) is 36.3 Å². The van der Waals surface area contributed by atoms with Crippen molar-refractivity contribution in [2.24, 2.45) is 0 Å².